The van der Waals surface area contributed by atoms with Crippen molar-refractivity contribution in [2.45, 2.75) is 77.8 Å². The third-order valence-corrected chi connectivity index (χ3v) is 4.26. The van der Waals surface area contributed by atoms with E-state index in [4.69, 9.17) is 0 Å². The maximum Gasteiger partial charge on any atom is 0.0306 e. The lowest BCUT2D eigenvalue weighted by Gasteiger charge is -2.43. The Morgan fingerprint density at radius 2 is 1.76 bits per heavy atom. The van der Waals surface area contributed by atoms with Gasteiger partial charge in [-0.05, 0) is 59.2 Å². The van der Waals surface area contributed by atoms with Crippen LogP contribution in [0.1, 0.15) is 66.2 Å². The maximum absolute atomic E-state index is 3.78. The first-order valence-electron chi connectivity index (χ1n) is 7.61. The highest BCUT2D eigenvalue weighted by atomic mass is 15.2. The second kappa shape index (κ2) is 7.38. The van der Waals surface area contributed by atoms with Gasteiger partial charge in [0.15, 0.2) is 0 Å². The first-order chi connectivity index (χ1) is 8.12. The molecule has 0 amide bonds. The number of nitrogens with one attached hydrogen (secondary N) is 1. The largest absolute Gasteiger partial charge is 0.312 e. The normalized spacial score (nSPS) is 19.8. The summed E-state index contributed by atoms with van der Waals surface area (Å²) < 4.78 is 0. The lowest BCUT2D eigenvalue weighted by molar-refractivity contribution is 0.101. The van der Waals surface area contributed by atoms with E-state index in [1.165, 1.54) is 51.6 Å². The summed E-state index contributed by atoms with van der Waals surface area (Å²) in [5, 5.41) is 3.78. The fraction of sp³-hybridized carbons (Fsp3) is 1.00. The molecule has 0 aliphatic carbocycles. The van der Waals surface area contributed by atoms with Crippen LogP contribution in [0.3, 0.4) is 0 Å². The van der Waals surface area contributed by atoms with Gasteiger partial charge in [0, 0.05) is 11.6 Å². The average molecular weight is 240 g/mol. The van der Waals surface area contributed by atoms with Crippen LogP contribution in [-0.2, 0) is 0 Å². The molecule has 0 aromatic rings. The minimum absolute atomic E-state index is 0.320. The maximum atomic E-state index is 3.78. The highest BCUT2D eigenvalue weighted by Gasteiger charge is 2.35. The zero-order valence-electron chi connectivity index (χ0n) is 12.4. The molecule has 1 N–H and O–H groups in total. The second-order valence-corrected chi connectivity index (χ2v) is 6.00. The van der Waals surface area contributed by atoms with Gasteiger partial charge in [0.05, 0.1) is 0 Å². The Morgan fingerprint density at radius 1 is 1.12 bits per heavy atom. The summed E-state index contributed by atoms with van der Waals surface area (Å²) in [5.41, 5.74) is 0.320. The van der Waals surface area contributed by atoms with E-state index in [0.29, 0.717) is 11.6 Å². The minimum Gasteiger partial charge on any atom is -0.312 e. The molecule has 1 heterocycles. The lowest BCUT2D eigenvalue weighted by Crippen LogP contribution is -2.57. The van der Waals surface area contributed by atoms with Crippen molar-refractivity contribution < 1.29 is 0 Å². The SMILES string of the molecule is CCCCC(NCCC)C(C)(C)N1CCCC1. The summed E-state index contributed by atoms with van der Waals surface area (Å²) in [6.07, 6.45) is 7.98. The van der Waals surface area contributed by atoms with E-state index >= 15 is 0 Å². The molecule has 1 aliphatic rings. The van der Waals surface area contributed by atoms with E-state index in [-0.39, 0.29) is 0 Å². The summed E-state index contributed by atoms with van der Waals surface area (Å²) in [5.74, 6) is 0. The topological polar surface area (TPSA) is 15.3 Å². The molecule has 0 saturated carbocycles. The fourth-order valence-corrected chi connectivity index (χ4v) is 2.95. The zero-order valence-corrected chi connectivity index (χ0v) is 12.4. The Balaban J connectivity index is 2.57. The summed E-state index contributed by atoms with van der Waals surface area (Å²) in [4.78, 5) is 2.69. The summed E-state index contributed by atoms with van der Waals surface area (Å²) in [7, 11) is 0. The number of hydrogen-bond donors (Lipinski definition) is 1. The molecule has 2 heteroatoms. The number of likely N-dealkylation sites (tertiary alicyclic amines) is 1. The van der Waals surface area contributed by atoms with Crippen LogP contribution in [0.5, 0.6) is 0 Å². The van der Waals surface area contributed by atoms with Crippen molar-refractivity contribution in [2.75, 3.05) is 19.6 Å². The van der Waals surface area contributed by atoms with Crippen LogP contribution in [0.4, 0.5) is 0 Å². The minimum atomic E-state index is 0.320. The predicted molar refractivity (Wildman–Crippen MR) is 76.5 cm³/mol. The quantitative estimate of drug-likeness (QED) is 0.699. The molecule has 1 unspecified atom stereocenters. The fourth-order valence-electron chi connectivity index (χ4n) is 2.95. The molecule has 0 aromatic heterocycles. The van der Waals surface area contributed by atoms with E-state index in [2.05, 4.69) is 37.9 Å². The van der Waals surface area contributed by atoms with Gasteiger partial charge >= 0.3 is 0 Å². The van der Waals surface area contributed by atoms with Crippen LogP contribution in [0.2, 0.25) is 0 Å². The third-order valence-electron chi connectivity index (χ3n) is 4.26. The molecule has 1 aliphatic heterocycles. The number of unbranched alkanes of at least 4 members (excludes halogenated alkanes) is 1. The first-order valence-corrected chi connectivity index (χ1v) is 7.61. The molecule has 1 rings (SSSR count). The van der Waals surface area contributed by atoms with E-state index in [0.717, 1.165) is 6.54 Å². The molecule has 17 heavy (non-hydrogen) atoms. The van der Waals surface area contributed by atoms with Crippen molar-refractivity contribution in [1.82, 2.24) is 10.2 Å². The summed E-state index contributed by atoms with van der Waals surface area (Å²) in [6, 6.07) is 0.653. The first kappa shape index (κ1) is 15.0. The average Bonchev–Trinajstić information content (AvgIpc) is 2.83. The Morgan fingerprint density at radius 3 is 2.29 bits per heavy atom. The molecular weight excluding hydrogens is 208 g/mol. The third kappa shape index (κ3) is 4.26. The highest BCUT2D eigenvalue weighted by molar-refractivity contribution is 4.95. The van der Waals surface area contributed by atoms with Crippen molar-refractivity contribution in [3.05, 3.63) is 0 Å². The molecule has 1 fully saturated rings. The second-order valence-electron chi connectivity index (χ2n) is 6.00. The Kier molecular flexibility index (Phi) is 6.50. The van der Waals surface area contributed by atoms with Gasteiger partial charge in [0.25, 0.3) is 0 Å². The highest BCUT2D eigenvalue weighted by Crippen LogP contribution is 2.26. The van der Waals surface area contributed by atoms with Gasteiger partial charge in [0.1, 0.15) is 0 Å². The van der Waals surface area contributed by atoms with Crippen molar-refractivity contribution in [2.24, 2.45) is 0 Å². The smallest absolute Gasteiger partial charge is 0.0306 e. The predicted octanol–water partition coefficient (Wildman–Crippen LogP) is 3.42. The van der Waals surface area contributed by atoms with Crippen LogP contribution in [0.25, 0.3) is 0 Å². The summed E-state index contributed by atoms with van der Waals surface area (Å²) in [6.45, 7) is 13.2. The molecular formula is C15H32N2. The molecule has 2 nitrogen and oxygen atoms in total. The molecule has 0 bridgehead atoms. The van der Waals surface area contributed by atoms with Crippen LogP contribution in [0, 0.1) is 0 Å². The van der Waals surface area contributed by atoms with E-state index in [9.17, 15) is 0 Å². The van der Waals surface area contributed by atoms with Crippen LogP contribution in [-0.4, -0.2) is 36.1 Å². The number of rotatable bonds is 8. The molecule has 1 atom stereocenters. The summed E-state index contributed by atoms with van der Waals surface area (Å²) >= 11 is 0. The number of nitrogens with zero attached hydrogens (tertiary/aromatic N) is 1. The van der Waals surface area contributed by atoms with Crippen molar-refractivity contribution in [3.8, 4) is 0 Å². The lowest BCUT2D eigenvalue weighted by atomic mass is 9.88. The van der Waals surface area contributed by atoms with Crippen molar-refractivity contribution in [3.63, 3.8) is 0 Å². The van der Waals surface area contributed by atoms with Crippen LogP contribution in [0.15, 0.2) is 0 Å². The standard InChI is InChI=1S/C15H32N2/c1-5-7-10-14(16-11-6-2)15(3,4)17-12-8-9-13-17/h14,16H,5-13H2,1-4H3. The Hall–Kier alpha value is -0.0800. The van der Waals surface area contributed by atoms with E-state index in [1.54, 1.807) is 0 Å². The van der Waals surface area contributed by atoms with Gasteiger partial charge in [-0.25, -0.2) is 0 Å². The molecule has 0 radical (unpaired) electrons. The Bertz CT molecular complexity index is 187. The van der Waals surface area contributed by atoms with Gasteiger partial charge in [-0.2, -0.15) is 0 Å². The van der Waals surface area contributed by atoms with Crippen molar-refractivity contribution >= 4 is 0 Å². The van der Waals surface area contributed by atoms with Gasteiger partial charge in [-0.15, -0.1) is 0 Å². The molecule has 0 spiro atoms. The molecule has 102 valence electrons. The molecule has 1 saturated heterocycles. The number of hydrogen-bond acceptors (Lipinski definition) is 2. The molecule has 0 aromatic carbocycles. The van der Waals surface area contributed by atoms with Gasteiger partial charge in [-0.3, -0.25) is 4.90 Å². The van der Waals surface area contributed by atoms with E-state index < -0.39 is 0 Å². The van der Waals surface area contributed by atoms with Gasteiger partial charge in [0.2, 0.25) is 0 Å². The Labute approximate surface area is 108 Å². The van der Waals surface area contributed by atoms with Crippen LogP contribution >= 0.6 is 0 Å². The van der Waals surface area contributed by atoms with Gasteiger partial charge in [-0.1, -0.05) is 26.7 Å². The van der Waals surface area contributed by atoms with Crippen molar-refractivity contribution in [1.29, 1.82) is 0 Å². The zero-order chi connectivity index (χ0) is 12.7. The van der Waals surface area contributed by atoms with Gasteiger partial charge < -0.3 is 5.32 Å². The monoisotopic (exact) mass is 240 g/mol. The van der Waals surface area contributed by atoms with E-state index in [1.807, 2.05) is 0 Å². The van der Waals surface area contributed by atoms with Crippen LogP contribution < -0.4 is 5.32 Å².